The minimum Gasteiger partial charge on any atom is -0.452 e. The van der Waals surface area contributed by atoms with Crippen LogP contribution in [0.2, 0.25) is 10.2 Å². The molecular weight excluding hydrogens is 919 g/mol. The van der Waals surface area contributed by atoms with Gasteiger partial charge in [0.05, 0.1) is 28.3 Å². The van der Waals surface area contributed by atoms with Gasteiger partial charge in [-0.25, -0.2) is 29.9 Å². The van der Waals surface area contributed by atoms with Crippen molar-refractivity contribution in [2.45, 2.75) is 20.4 Å². The van der Waals surface area contributed by atoms with Crippen LogP contribution < -0.4 is 16.1 Å². The van der Waals surface area contributed by atoms with Crippen molar-refractivity contribution in [3.8, 4) is 5.82 Å². The molecule has 4 rings (SSSR count). The zero-order chi connectivity index (χ0) is 38.5. The van der Waals surface area contributed by atoms with E-state index < -0.39 is 22.8 Å². The second kappa shape index (κ2) is 20.1. The smallest absolute Gasteiger partial charge is 0.425 e. The lowest BCUT2D eigenvalue weighted by molar-refractivity contribution is -0.404. The van der Waals surface area contributed by atoms with Crippen molar-refractivity contribution in [3.63, 3.8) is 0 Å². The summed E-state index contributed by atoms with van der Waals surface area (Å²) in [5, 5.41) is 22.1. The first-order valence-electron chi connectivity index (χ1n) is 14.9. The molecule has 0 fully saturated rings. The lowest BCUT2D eigenvalue weighted by Gasteiger charge is -2.23. The number of methoxy groups -OCH3 is 1. The molecule has 52 heavy (non-hydrogen) atoms. The van der Waals surface area contributed by atoms with E-state index in [4.69, 9.17) is 23.2 Å². The number of hydrazine groups is 1. The summed E-state index contributed by atoms with van der Waals surface area (Å²) in [7, 11) is 2.84. The Labute approximate surface area is 333 Å². The number of anilines is 1. The van der Waals surface area contributed by atoms with E-state index in [9.17, 15) is 24.5 Å². The normalized spacial score (nSPS) is 10.8. The van der Waals surface area contributed by atoms with Gasteiger partial charge < -0.3 is 20.3 Å². The van der Waals surface area contributed by atoms with Crippen LogP contribution in [0.25, 0.3) is 5.82 Å². The van der Waals surface area contributed by atoms with Gasteiger partial charge in [0.15, 0.2) is 11.6 Å². The van der Waals surface area contributed by atoms with Crippen molar-refractivity contribution in [2.75, 3.05) is 32.6 Å². The first-order valence-corrected chi connectivity index (χ1v) is 18.1. The zero-order valence-electron chi connectivity index (χ0n) is 27.9. The van der Waals surface area contributed by atoms with Crippen LogP contribution in [-0.4, -0.2) is 79.7 Å². The molecule has 0 radical (unpaired) electrons. The van der Waals surface area contributed by atoms with Crippen LogP contribution in [0.1, 0.15) is 40.3 Å². The molecule has 21 heteroatoms. The summed E-state index contributed by atoms with van der Waals surface area (Å²) in [5.74, 6) is -0.447. The number of nitro groups is 1. The van der Waals surface area contributed by atoms with Gasteiger partial charge >= 0.3 is 6.09 Å². The topological polar surface area (TPSA) is 190 Å². The van der Waals surface area contributed by atoms with Crippen molar-refractivity contribution in [3.05, 3.63) is 118 Å². The van der Waals surface area contributed by atoms with Gasteiger partial charge in [0, 0.05) is 54.1 Å². The number of rotatable bonds is 11. The Morgan fingerprint density at radius 1 is 1.08 bits per heavy atom. The zero-order valence-corrected chi connectivity index (χ0v) is 34.1. The van der Waals surface area contributed by atoms with Crippen molar-refractivity contribution in [2.24, 2.45) is 0 Å². The van der Waals surface area contributed by atoms with E-state index in [0.717, 1.165) is 16.8 Å². The number of aromatic nitrogens is 4. The molecule has 0 saturated carbocycles. The minimum absolute atomic E-state index is 0.105. The molecule has 3 heterocycles. The number of nitrogens with zero attached hydrogens (tertiary/aromatic N) is 7. The maximum Gasteiger partial charge on any atom is 0.425 e. The number of hydrogen-bond acceptors (Lipinski definition) is 11. The Kier molecular flexibility index (Phi) is 16.3. The molecule has 3 amide bonds. The van der Waals surface area contributed by atoms with Crippen molar-refractivity contribution < 1.29 is 24.0 Å². The van der Waals surface area contributed by atoms with Crippen LogP contribution in [0.15, 0.2) is 80.4 Å². The molecular formula is C31H31Br3Cl2N10O6. The van der Waals surface area contributed by atoms with E-state index in [1.807, 2.05) is 17.9 Å². The number of amides is 3. The summed E-state index contributed by atoms with van der Waals surface area (Å²) in [5.41, 5.74) is 3.68. The van der Waals surface area contributed by atoms with E-state index in [2.05, 4.69) is 83.7 Å². The van der Waals surface area contributed by atoms with Crippen LogP contribution in [0.5, 0.6) is 0 Å². The highest BCUT2D eigenvalue weighted by Crippen LogP contribution is 2.32. The quantitative estimate of drug-likeness (QED) is 0.0794. The third-order valence-corrected chi connectivity index (χ3v) is 8.71. The van der Waals surface area contributed by atoms with E-state index in [1.54, 1.807) is 44.4 Å². The highest BCUT2D eigenvalue weighted by Gasteiger charge is 2.26. The number of hydrogen-bond donors (Lipinski definition) is 3. The number of nitrogens with one attached hydrogen (secondary N) is 3. The number of carbonyl (C=O) groups excluding carboxylic acids is 3. The van der Waals surface area contributed by atoms with Crippen molar-refractivity contribution in [1.29, 1.82) is 0 Å². The number of ether oxygens (including phenoxy) is 1. The summed E-state index contributed by atoms with van der Waals surface area (Å²) in [6, 6.07) is 11.5. The van der Waals surface area contributed by atoms with Gasteiger partial charge in [-0.3, -0.25) is 19.7 Å². The molecule has 276 valence electrons. The van der Waals surface area contributed by atoms with E-state index in [-0.39, 0.29) is 29.3 Å². The highest BCUT2D eigenvalue weighted by molar-refractivity contribution is 9.11. The number of carbonyl (C=O) groups is 3. The third kappa shape index (κ3) is 11.6. The lowest BCUT2D eigenvalue weighted by Crippen LogP contribution is -2.46. The van der Waals surface area contributed by atoms with Crippen LogP contribution in [-0.2, 0) is 11.3 Å². The monoisotopic (exact) mass is 946 g/mol. The average molecular weight is 950 g/mol. The van der Waals surface area contributed by atoms with Crippen molar-refractivity contribution in [1.82, 2.24) is 40.4 Å². The third-order valence-electron chi connectivity index (χ3n) is 6.72. The maximum atomic E-state index is 13.3. The second-order valence-electron chi connectivity index (χ2n) is 10.0. The largest absolute Gasteiger partial charge is 0.452 e. The summed E-state index contributed by atoms with van der Waals surface area (Å²) >= 11 is 21.9. The molecule has 0 spiro atoms. The SMILES string of the molecule is CCN(Cc1ccc(Cl)nc1)/C(=C/[N+](=O)[O-])NC.CCN(NC(=O)OC)C(=O)c1cc(Br)cc(Br)c1NC(=O)c1cc(Br)nn1-c1ncccc1Cl. The van der Waals surface area contributed by atoms with E-state index in [0.29, 0.717) is 42.6 Å². The molecule has 0 atom stereocenters. The van der Waals surface area contributed by atoms with Gasteiger partial charge in [0.25, 0.3) is 18.0 Å². The van der Waals surface area contributed by atoms with Crippen LogP contribution in [0.4, 0.5) is 10.5 Å². The Morgan fingerprint density at radius 2 is 1.81 bits per heavy atom. The molecule has 4 aromatic rings. The van der Waals surface area contributed by atoms with Gasteiger partial charge in [0.2, 0.25) is 0 Å². The van der Waals surface area contributed by atoms with E-state index in [1.165, 1.54) is 30.1 Å². The van der Waals surface area contributed by atoms with Gasteiger partial charge in [-0.05, 0) is 81.6 Å². The standard InChI is InChI=1S/C20H16Br3ClN6O4.C11H15ClN4O2/c1-3-29(28-20(33)34-2)19(32)11-7-10(21)8-12(22)16(11)26-18(31)14-9-15(23)27-30(14)17-13(24)5-4-6-25-17;1-3-15(11(13-2)8-16(17)18)7-9-4-5-10(12)14-6-9/h4-9H,3H2,1-2H3,(H,26,31)(H,28,33);4-6,8,13H,3,7H2,1-2H3/b;11-8+. The fourth-order valence-corrected chi connectivity index (χ4v) is 6.34. The Hall–Kier alpha value is -4.30. The molecule has 16 nitrogen and oxygen atoms in total. The van der Waals surface area contributed by atoms with Gasteiger partial charge in [0.1, 0.15) is 15.5 Å². The predicted octanol–water partition coefficient (Wildman–Crippen LogP) is 7.05. The number of halogens is 5. The summed E-state index contributed by atoms with van der Waals surface area (Å²) in [6.07, 6.45) is 3.32. The van der Waals surface area contributed by atoms with E-state index >= 15 is 0 Å². The summed E-state index contributed by atoms with van der Waals surface area (Å²) in [6.45, 7) is 4.91. The molecule has 0 unspecified atom stereocenters. The Morgan fingerprint density at radius 3 is 2.38 bits per heavy atom. The van der Waals surface area contributed by atoms with Gasteiger partial charge in [-0.15, -0.1) is 0 Å². The number of benzene rings is 1. The Balaban J connectivity index is 0.000000341. The predicted molar refractivity (Wildman–Crippen MR) is 206 cm³/mol. The van der Waals surface area contributed by atoms with Crippen LogP contribution in [0.3, 0.4) is 0 Å². The Bertz CT molecular complexity index is 1950. The second-order valence-corrected chi connectivity index (χ2v) is 13.4. The minimum atomic E-state index is -0.809. The molecule has 0 aliphatic heterocycles. The molecule has 0 bridgehead atoms. The first-order chi connectivity index (χ1) is 24.7. The molecule has 0 saturated heterocycles. The molecule has 1 aromatic carbocycles. The summed E-state index contributed by atoms with van der Waals surface area (Å²) < 4.78 is 7.23. The van der Waals surface area contributed by atoms with Gasteiger partial charge in [-0.2, -0.15) is 5.10 Å². The number of pyridine rings is 2. The molecule has 0 aliphatic rings. The molecule has 0 aliphatic carbocycles. The fraction of sp³-hybridized carbons (Fsp3) is 0.226. The highest BCUT2D eigenvalue weighted by atomic mass is 79.9. The maximum absolute atomic E-state index is 13.3. The molecule has 3 N–H and O–H groups in total. The average Bonchev–Trinajstić information content (AvgIpc) is 3.51. The van der Waals surface area contributed by atoms with Crippen molar-refractivity contribution >= 4 is 94.6 Å². The lowest BCUT2D eigenvalue weighted by atomic mass is 10.1. The van der Waals surface area contributed by atoms with Crippen LogP contribution in [0, 0.1) is 10.1 Å². The first kappa shape index (κ1) is 42.1. The fourth-order valence-electron chi connectivity index (χ4n) is 4.32. The molecule has 3 aromatic heterocycles. The van der Waals surface area contributed by atoms with Gasteiger partial charge in [-0.1, -0.05) is 45.2 Å². The summed E-state index contributed by atoms with van der Waals surface area (Å²) in [4.78, 5) is 58.2. The van der Waals surface area contributed by atoms with Crippen LogP contribution >= 0.6 is 71.0 Å².